The molecule has 3 aromatic rings. The minimum Gasteiger partial charge on any atom is -0.465 e. The minimum absolute atomic E-state index is 0.0905. The summed E-state index contributed by atoms with van der Waals surface area (Å²) in [6.45, 7) is 0.824. The van der Waals surface area contributed by atoms with E-state index < -0.39 is 0 Å². The Morgan fingerprint density at radius 2 is 2.07 bits per heavy atom. The summed E-state index contributed by atoms with van der Waals surface area (Å²) < 4.78 is 6.98. The third-order valence-corrected chi connectivity index (χ3v) is 5.10. The number of thiophene rings is 1. The van der Waals surface area contributed by atoms with Crippen molar-refractivity contribution in [3.05, 3.63) is 57.7 Å². The number of hydrogen-bond donors (Lipinski definition) is 2. The van der Waals surface area contributed by atoms with Crippen LogP contribution in [0.3, 0.4) is 0 Å². The average Bonchev–Trinajstić information content (AvgIpc) is 3.34. The smallest absolute Gasteiger partial charge is 0.337 e. The van der Waals surface area contributed by atoms with Crippen LogP contribution in [-0.2, 0) is 22.6 Å². The molecule has 140 valence electrons. The average molecular weight is 403 g/mol. The molecule has 2 N–H and O–H groups in total. The largest absolute Gasteiger partial charge is 0.465 e. The standard InChI is InChI=1S/C18H18N4O3S2/c1-25-17(24)13-6-4-12(5-7-13)11-19-15(23)8-9-22-16(20-21-18(22)26)14-3-2-10-27-14/h2-7,10H,8-9,11H2,1H3,(H,19,23)(H,21,26). The highest BCUT2D eigenvalue weighted by atomic mass is 32.1. The summed E-state index contributed by atoms with van der Waals surface area (Å²) >= 11 is 6.83. The van der Waals surface area contributed by atoms with Crippen molar-refractivity contribution in [1.29, 1.82) is 0 Å². The SMILES string of the molecule is COC(=O)c1ccc(CNC(=O)CCn2c(-c3cccs3)n[nH]c2=S)cc1. The summed E-state index contributed by atoms with van der Waals surface area (Å²) in [4.78, 5) is 24.6. The van der Waals surface area contributed by atoms with E-state index in [9.17, 15) is 9.59 Å². The van der Waals surface area contributed by atoms with Gasteiger partial charge in [-0.3, -0.25) is 14.5 Å². The number of aromatic amines is 1. The lowest BCUT2D eigenvalue weighted by atomic mass is 10.1. The molecule has 0 saturated carbocycles. The Labute approximate surface area is 165 Å². The zero-order chi connectivity index (χ0) is 19.2. The van der Waals surface area contributed by atoms with Crippen LogP contribution in [-0.4, -0.2) is 33.8 Å². The summed E-state index contributed by atoms with van der Waals surface area (Å²) in [6.07, 6.45) is 0.284. The zero-order valence-corrected chi connectivity index (χ0v) is 16.2. The maximum absolute atomic E-state index is 12.2. The predicted octanol–water partition coefficient (Wildman–Crippen LogP) is 3.16. The highest BCUT2D eigenvalue weighted by Crippen LogP contribution is 2.22. The molecule has 0 spiro atoms. The van der Waals surface area contributed by atoms with Gasteiger partial charge in [-0.25, -0.2) is 4.79 Å². The minimum atomic E-state index is -0.385. The van der Waals surface area contributed by atoms with E-state index in [1.807, 2.05) is 22.1 Å². The van der Waals surface area contributed by atoms with Crippen molar-refractivity contribution in [3.63, 3.8) is 0 Å². The van der Waals surface area contributed by atoms with Crippen LogP contribution in [0.1, 0.15) is 22.3 Å². The van der Waals surface area contributed by atoms with E-state index in [2.05, 4.69) is 20.3 Å². The second-order valence-electron chi connectivity index (χ2n) is 5.70. The molecular formula is C18H18N4O3S2. The highest BCUT2D eigenvalue weighted by molar-refractivity contribution is 7.71. The van der Waals surface area contributed by atoms with Crippen molar-refractivity contribution < 1.29 is 14.3 Å². The first kappa shape index (κ1) is 19.0. The van der Waals surface area contributed by atoms with Gasteiger partial charge in [-0.1, -0.05) is 18.2 Å². The Kier molecular flexibility index (Phi) is 6.15. The van der Waals surface area contributed by atoms with Crippen LogP contribution >= 0.6 is 23.6 Å². The normalized spacial score (nSPS) is 10.6. The lowest BCUT2D eigenvalue weighted by Crippen LogP contribution is -2.24. The van der Waals surface area contributed by atoms with Crippen molar-refractivity contribution in [3.8, 4) is 10.7 Å². The van der Waals surface area contributed by atoms with Gasteiger partial charge in [-0.15, -0.1) is 11.3 Å². The first-order valence-corrected chi connectivity index (χ1v) is 9.50. The number of aromatic nitrogens is 3. The molecule has 0 unspecified atom stereocenters. The van der Waals surface area contributed by atoms with Gasteiger partial charge >= 0.3 is 5.97 Å². The number of carbonyl (C=O) groups is 2. The Balaban J connectivity index is 1.54. The maximum Gasteiger partial charge on any atom is 0.337 e. The molecule has 2 aromatic heterocycles. The van der Waals surface area contributed by atoms with Gasteiger partial charge in [-0.05, 0) is 41.4 Å². The second-order valence-corrected chi connectivity index (χ2v) is 7.03. The van der Waals surface area contributed by atoms with E-state index in [-0.39, 0.29) is 18.3 Å². The van der Waals surface area contributed by atoms with Gasteiger partial charge in [0.05, 0.1) is 17.6 Å². The van der Waals surface area contributed by atoms with Crippen LogP contribution < -0.4 is 5.32 Å². The molecule has 3 rings (SSSR count). The molecule has 1 amide bonds. The van der Waals surface area contributed by atoms with E-state index >= 15 is 0 Å². The molecule has 0 fully saturated rings. The number of ether oxygens (including phenoxy) is 1. The monoisotopic (exact) mass is 402 g/mol. The van der Waals surface area contributed by atoms with Crippen LogP contribution in [0.4, 0.5) is 0 Å². The number of hydrogen-bond acceptors (Lipinski definition) is 6. The molecule has 0 radical (unpaired) electrons. The maximum atomic E-state index is 12.2. The Bertz CT molecular complexity index is 975. The molecule has 0 saturated heterocycles. The van der Waals surface area contributed by atoms with Crippen LogP contribution in [0.5, 0.6) is 0 Å². The molecule has 2 heterocycles. The van der Waals surface area contributed by atoms with Crippen LogP contribution in [0, 0.1) is 4.77 Å². The third-order valence-electron chi connectivity index (χ3n) is 3.93. The number of H-pyrrole nitrogens is 1. The Morgan fingerprint density at radius 3 is 2.74 bits per heavy atom. The molecule has 0 aliphatic carbocycles. The molecule has 0 bridgehead atoms. The number of rotatable bonds is 7. The molecule has 1 aromatic carbocycles. The zero-order valence-electron chi connectivity index (χ0n) is 14.6. The summed E-state index contributed by atoms with van der Waals surface area (Å²) in [5.74, 6) is 0.262. The predicted molar refractivity (Wildman–Crippen MR) is 105 cm³/mol. The van der Waals surface area contributed by atoms with E-state index in [1.165, 1.54) is 7.11 Å². The summed E-state index contributed by atoms with van der Waals surface area (Å²) in [7, 11) is 1.34. The van der Waals surface area contributed by atoms with E-state index in [1.54, 1.807) is 35.6 Å². The lowest BCUT2D eigenvalue weighted by molar-refractivity contribution is -0.121. The molecule has 27 heavy (non-hydrogen) atoms. The summed E-state index contributed by atoms with van der Waals surface area (Å²) in [6, 6.07) is 10.8. The number of methoxy groups -OCH3 is 1. The van der Waals surface area contributed by atoms with E-state index in [0.29, 0.717) is 23.4 Å². The van der Waals surface area contributed by atoms with Gasteiger partial charge in [-0.2, -0.15) is 5.10 Å². The van der Waals surface area contributed by atoms with Crippen LogP contribution in [0.15, 0.2) is 41.8 Å². The van der Waals surface area contributed by atoms with Crippen molar-refractivity contribution >= 4 is 35.4 Å². The van der Waals surface area contributed by atoms with Gasteiger partial charge in [0.2, 0.25) is 5.91 Å². The van der Waals surface area contributed by atoms with Gasteiger partial charge in [0, 0.05) is 19.5 Å². The fourth-order valence-corrected chi connectivity index (χ4v) is 3.44. The van der Waals surface area contributed by atoms with Gasteiger partial charge in [0.25, 0.3) is 0 Å². The molecule has 9 heteroatoms. The Hall–Kier alpha value is -2.78. The fourth-order valence-electron chi connectivity index (χ4n) is 2.50. The number of esters is 1. The van der Waals surface area contributed by atoms with Crippen molar-refractivity contribution in [2.24, 2.45) is 0 Å². The van der Waals surface area contributed by atoms with Crippen LogP contribution in [0.2, 0.25) is 0 Å². The number of nitrogens with one attached hydrogen (secondary N) is 2. The van der Waals surface area contributed by atoms with E-state index in [0.717, 1.165) is 16.3 Å². The first-order chi connectivity index (χ1) is 13.1. The number of benzene rings is 1. The first-order valence-electron chi connectivity index (χ1n) is 8.21. The highest BCUT2D eigenvalue weighted by Gasteiger charge is 2.11. The van der Waals surface area contributed by atoms with Crippen molar-refractivity contribution in [1.82, 2.24) is 20.1 Å². The molecule has 0 aliphatic rings. The molecule has 7 nitrogen and oxygen atoms in total. The van der Waals surface area contributed by atoms with Gasteiger partial charge < -0.3 is 10.1 Å². The number of amides is 1. The Morgan fingerprint density at radius 1 is 1.30 bits per heavy atom. The van der Waals surface area contributed by atoms with Crippen LogP contribution in [0.25, 0.3) is 10.7 Å². The second kappa shape index (κ2) is 8.74. The van der Waals surface area contributed by atoms with Crippen molar-refractivity contribution in [2.75, 3.05) is 7.11 Å². The number of nitrogens with zero attached hydrogens (tertiary/aromatic N) is 2. The van der Waals surface area contributed by atoms with Gasteiger partial charge in [0.15, 0.2) is 10.6 Å². The van der Waals surface area contributed by atoms with Crippen molar-refractivity contribution in [2.45, 2.75) is 19.5 Å². The summed E-state index contributed by atoms with van der Waals surface area (Å²) in [5, 5.41) is 11.9. The summed E-state index contributed by atoms with van der Waals surface area (Å²) in [5.41, 5.74) is 1.37. The molecule has 0 atom stereocenters. The van der Waals surface area contributed by atoms with Gasteiger partial charge in [0.1, 0.15) is 0 Å². The van der Waals surface area contributed by atoms with E-state index in [4.69, 9.17) is 12.2 Å². The quantitative estimate of drug-likeness (QED) is 0.468. The fraction of sp³-hybridized carbons (Fsp3) is 0.222. The topological polar surface area (TPSA) is 89.0 Å². The molecule has 0 aliphatic heterocycles. The lowest BCUT2D eigenvalue weighted by Gasteiger charge is -2.08. The third kappa shape index (κ3) is 4.69. The molecular weight excluding hydrogens is 384 g/mol. The number of carbonyl (C=O) groups excluding carboxylic acids is 2.